The second-order valence-electron chi connectivity index (χ2n) is 5.66. The molecular formula is C15H21F2NO. The molecule has 0 radical (unpaired) electrons. The van der Waals surface area contributed by atoms with E-state index < -0.39 is 17.0 Å². The molecule has 1 aliphatic rings. The average molecular weight is 269 g/mol. The summed E-state index contributed by atoms with van der Waals surface area (Å²) >= 11 is 0. The van der Waals surface area contributed by atoms with Crippen molar-refractivity contribution in [3.8, 4) is 0 Å². The van der Waals surface area contributed by atoms with E-state index in [-0.39, 0.29) is 13.2 Å². The molecule has 0 aromatic heterocycles. The molecule has 1 atom stereocenters. The van der Waals surface area contributed by atoms with Gasteiger partial charge < -0.3 is 10.8 Å². The molecule has 0 amide bonds. The quantitative estimate of drug-likeness (QED) is 0.863. The summed E-state index contributed by atoms with van der Waals surface area (Å²) in [5, 5.41) is 9.75. The Kier molecular flexibility index (Phi) is 4.53. The van der Waals surface area contributed by atoms with Crippen LogP contribution in [0, 0.1) is 17.6 Å². The maximum absolute atomic E-state index is 13.4. The van der Waals surface area contributed by atoms with Gasteiger partial charge in [-0.2, -0.15) is 0 Å². The van der Waals surface area contributed by atoms with Gasteiger partial charge in [-0.05, 0) is 30.0 Å². The molecule has 1 unspecified atom stereocenters. The van der Waals surface area contributed by atoms with Crippen molar-refractivity contribution < 1.29 is 13.9 Å². The molecule has 4 heteroatoms. The largest absolute Gasteiger partial charge is 0.395 e. The molecule has 106 valence electrons. The lowest BCUT2D eigenvalue weighted by molar-refractivity contribution is 0.168. The van der Waals surface area contributed by atoms with Gasteiger partial charge in [-0.1, -0.05) is 25.7 Å². The van der Waals surface area contributed by atoms with Gasteiger partial charge >= 0.3 is 0 Å². The van der Waals surface area contributed by atoms with Crippen molar-refractivity contribution in [3.05, 3.63) is 35.4 Å². The van der Waals surface area contributed by atoms with Gasteiger partial charge in [0.05, 0.1) is 6.61 Å². The van der Waals surface area contributed by atoms with Gasteiger partial charge in [0, 0.05) is 18.0 Å². The van der Waals surface area contributed by atoms with Crippen LogP contribution in [-0.4, -0.2) is 18.3 Å². The normalized spacial score (nSPS) is 19.6. The third kappa shape index (κ3) is 3.12. The van der Waals surface area contributed by atoms with Crippen LogP contribution in [0.2, 0.25) is 0 Å². The Hall–Kier alpha value is -1.00. The Morgan fingerprint density at radius 2 is 1.74 bits per heavy atom. The number of nitrogens with two attached hydrogens (primary N) is 1. The molecule has 2 rings (SSSR count). The summed E-state index contributed by atoms with van der Waals surface area (Å²) in [5.41, 5.74) is 5.57. The molecule has 0 saturated heterocycles. The minimum absolute atomic E-state index is 0.178. The average Bonchev–Trinajstić information content (AvgIpc) is 2.87. The van der Waals surface area contributed by atoms with Crippen LogP contribution in [0.25, 0.3) is 0 Å². The first-order chi connectivity index (χ1) is 9.09. The first-order valence-electron chi connectivity index (χ1n) is 6.87. The number of hydrogen-bond donors (Lipinski definition) is 2. The summed E-state index contributed by atoms with van der Waals surface area (Å²) in [7, 11) is 0. The molecule has 1 aromatic carbocycles. The maximum atomic E-state index is 13.4. The zero-order chi connectivity index (χ0) is 13.9. The second kappa shape index (κ2) is 5.97. The van der Waals surface area contributed by atoms with Crippen molar-refractivity contribution in [2.75, 3.05) is 13.2 Å². The van der Waals surface area contributed by atoms with Crippen LogP contribution in [0.15, 0.2) is 18.2 Å². The number of rotatable bonds is 5. The lowest BCUT2D eigenvalue weighted by Crippen LogP contribution is -2.40. The molecular weight excluding hydrogens is 248 g/mol. The van der Waals surface area contributed by atoms with E-state index in [1.165, 1.54) is 25.0 Å². The lowest BCUT2D eigenvalue weighted by atomic mass is 9.74. The van der Waals surface area contributed by atoms with Gasteiger partial charge in [0.25, 0.3) is 0 Å². The number of aliphatic hydroxyl groups excluding tert-OH is 1. The highest BCUT2D eigenvalue weighted by atomic mass is 19.1. The number of benzene rings is 1. The van der Waals surface area contributed by atoms with Crippen LogP contribution in [-0.2, 0) is 5.41 Å². The summed E-state index contributed by atoms with van der Waals surface area (Å²) in [6.45, 7) is 0.0196. The van der Waals surface area contributed by atoms with E-state index in [2.05, 4.69) is 0 Å². The summed E-state index contributed by atoms with van der Waals surface area (Å²) in [6, 6.07) is 3.43. The van der Waals surface area contributed by atoms with Crippen molar-refractivity contribution in [2.24, 2.45) is 11.7 Å². The van der Waals surface area contributed by atoms with Crippen molar-refractivity contribution in [2.45, 2.75) is 37.5 Å². The lowest BCUT2D eigenvalue weighted by Gasteiger charge is -2.33. The first kappa shape index (κ1) is 14.4. The van der Waals surface area contributed by atoms with E-state index >= 15 is 0 Å². The molecule has 1 saturated carbocycles. The zero-order valence-corrected chi connectivity index (χ0v) is 11.0. The van der Waals surface area contributed by atoms with Gasteiger partial charge in [-0.15, -0.1) is 0 Å². The smallest absolute Gasteiger partial charge is 0.126 e. The minimum atomic E-state index is -0.724. The van der Waals surface area contributed by atoms with E-state index in [4.69, 9.17) is 5.73 Å². The topological polar surface area (TPSA) is 46.2 Å². The summed E-state index contributed by atoms with van der Waals surface area (Å²) in [6.07, 6.45) is 5.30. The molecule has 1 fully saturated rings. The van der Waals surface area contributed by atoms with E-state index in [1.807, 2.05) is 0 Å². The van der Waals surface area contributed by atoms with E-state index in [9.17, 15) is 13.9 Å². The Bertz CT molecular complexity index is 406. The van der Waals surface area contributed by atoms with Gasteiger partial charge in [0.2, 0.25) is 0 Å². The first-order valence-corrected chi connectivity index (χ1v) is 6.87. The van der Waals surface area contributed by atoms with Gasteiger partial charge in [-0.25, -0.2) is 8.78 Å². The fourth-order valence-electron chi connectivity index (χ4n) is 3.17. The number of hydrogen-bond acceptors (Lipinski definition) is 2. The molecule has 3 N–H and O–H groups in total. The molecule has 19 heavy (non-hydrogen) atoms. The Morgan fingerprint density at radius 3 is 2.21 bits per heavy atom. The maximum Gasteiger partial charge on any atom is 0.126 e. The van der Waals surface area contributed by atoms with Crippen molar-refractivity contribution in [1.29, 1.82) is 0 Å². The Morgan fingerprint density at radius 1 is 1.16 bits per heavy atom. The van der Waals surface area contributed by atoms with Crippen LogP contribution in [0.3, 0.4) is 0 Å². The standard InChI is InChI=1S/C15H21F2NO/c16-13-5-12(6-14(17)7-13)15(9-18,10-19)8-11-3-1-2-4-11/h5-7,11,19H,1-4,8-10,18H2. The highest BCUT2D eigenvalue weighted by Gasteiger charge is 2.34. The summed E-state index contributed by atoms with van der Waals surface area (Å²) in [5.74, 6) is -0.748. The van der Waals surface area contributed by atoms with Crippen molar-refractivity contribution in [1.82, 2.24) is 0 Å². The molecule has 0 aliphatic heterocycles. The van der Waals surface area contributed by atoms with E-state index in [0.717, 1.165) is 18.9 Å². The fraction of sp³-hybridized carbons (Fsp3) is 0.600. The van der Waals surface area contributed by atoms with E-state index in [1.54, 1.807) is 0 Å². The molecule has 1 aromatic rings. The number of halogens is 2. The summed E-state index contributed by atoms with van der Waals surface area (Å²) < 4.78 is 26.8. The van der Waals surface area contributed by atoms with E-state index in [0.29, 0.717) is 17.9 Å². The third-order valence-electron chi connectivity index (χ3n) is 4.32. The molecule has 2 nitrogen and oxygen atoms in total. The third-order valence-corrected chi connectivity index (χ3v) is 4.32. The predicted molar refractivity (Wildman–Crippen MR) is 70.8 cm³/mol. The molecule has 0 heterocycles. The van der Waals surface area contributed by atoms with Gasteiger partial charge in [0.1, 0.15) is 11.6 Å². The number of aliphatic hydroxyl groups is 1. The highest BCUT2D eigenvalue weighted by Crippen LogP contribution is 2.38. The van der Waals surface area contributed by atoms with Crippen molar-refractivity contribution >= 4 is 0 Å². The molecule has 0 bridgehead atoms. The SMILES string of the molecule is NCC(CO)(CC1CCCC1)c1cc(F)cc(F)c1. The molecule has 1 aliphatic carbocycles. The zero-order valence-electron chi connectivity index (χ0n) is 11.0. The van der Waals surface area contributed by atoms with Gasteiger partial charge in [-0.3, -0.25) is 0 Å². The van der Waals surface area contributed by atoms with Crippen molar-refractivity contribution in [3.63, 3.8) is 0 Å². The monoisotopic (exact) mass is 269 g/mol. The fourth-order valence-corrected chi connectivity index (χ4v) is 3.17. The highest BCUT2D eigenvalue weighted by molar-refractivity contribution is 5.28. The predicted octanol–water partition coefficient (Wildman–Crippen LogP) is 2.73. The van der Waals surface area contributed by atoms with Crippen LogP contribution >= 0.6 is 0 Å². The van der Waals surface area contributed by atoms with Crippen LogP contribution in [0.5, 0.6) is 0 Å². The minimum Gasteiger partial charge on any atom is -0.395 e. The van der Waals surface area contributed by atoms with Crippen LogP contribution < -0.4 is 5.73 Å². The summed E-state index contributed by atoms with van der Waals surface area (Å²) in [4.78, 5) is 0. The Balaban J connectivity index is 2.30. The Labute approximate surface area is 112 Å². The second-order valence-corrected chi connectivity index (χ2v) is 5.66. The van der Waals surface area contributed by atoms with Gasteiger partial charge in [0.15, 0.2) is 0 Å². The van der Waals surface area contributed by atoms with Crippen LogP contribution in [0.1, 0.15) is 37.7 Å². The van der Waals surface area contributed by atoms with Crippen LogP contribution in [0.4, 0.5) is 8.78 Å². The molecule has 0 spiro atoms.